The van der Waals surface area contributed by atoms with Crippen LogP contribution in [0.4, 0.5) is 0 Å². The second-order valence-corrected chi connectivity index (χ2v) is 6.74. The molecule has 1 N–H and O–H groups in total. The average Bonchev–Trinajstić information content (AvgIpc) is 2.17. The zero-order valence-electron chi connectivity index (χ0n) is 9.57. The summed E-state index contributed by atoms with van der Waals surface area (Å²) in [5.74, 6) is 0.266. The third-order valence-corrected chi connectivity index (χ3v) is 4.50. The van der Waals surface area contributed by atoms with Crippen molar-refractivity contribution in [2.45, 2.75) is 31.7 Å². The van der Waals surface area contributed by atoms with E-state index in [1.54, 1.807) is 24.3 Å². The molecule has 1 aromatic rings. The highest BCUT2D eigenvalue weighted by Gasteiger charge is 2.18. The Morgan fingerprint density at radius 1 is 1.25 bits per heavy atom. The van der Waals surface area contributed by atoms with Gasteiger partial charge in [-0.05, 0) is 31.0 Å². The fourth-order valence-electron chi connectivity index (χ4n) is 1.08. The molecule has 0 amide bonds. The van der Waals surface area contributed by atoms with Gasteiger partial charge in [0.2, 0.25) is 10.0 Å². The first kappa shape index (κ1) is 13.7. The van der Waals surface area contributed by atoms with Crippen molar-refractivity contribution in [2.24, 2.45) is 5.92 Å². The van der Waals surface area contributed by atoms with Gasteiger partial charge in [0.15, 0.2) is 0 Å². The van der Waals surface area contributed by atoms with E-state index in [-0.39, 0.29) is 16.9 Å². The van der Waals surface area contributed by atoms with E-state index in [0.717, 1.165) is 4.47 Å². The summed E-state index contributed by atoms with van der Waals surface area (Å²) in [6, 6.07) is 6.60. The highest BCUT2D eigenvalue weighted by Crippen LogP contribution is 2.16. The zero-order valence-corrected chi connectivity index (χ0v) is 12.0. The van der Waals surface area contributed by atoms with E-state index in [4.69, 9.17) is 0 Å². The molecule has 1 atom stereocenters. The molecule has 0 aliphatic heterocycles. The molecule has 0 heterocycles. The minimum Gasteiger partial charge on any atom is -0.208 e. The number of rotatable bonds is 4. The molecule has 0 aromatic heterocycles. The van der Waals surface area contributed by atoms with Crippen LogP contribution in [0.2, 0.25) is 0 Å². The molecule has 0 spiro atoms. The summed E-state index contributed by atoms with van der Waals surface area (Å²) < 4.78 is 27.3. The Labute approximate surface area is 105 Å². The second-order valence-electron chi connectivity index (χ2n) is 4.11. The highest BCUT2D eigenvalue weighted by molar-refractivity contribution is 9.10. The van der Waals surface area contributed by atoms with Crippen molar-refractivity contribution in [1.82, 2.24) is 4.72 Å². The van der Waals surface area contributed by atoms with Crippen molar-refractivity contribution in [3.05, 3.63) is 28.7 Å². The second kappa shape index (κ2) is 5.29. The Balaban J connectivity index is 2.95. The molecule has 0 fully saturated rings. The van der Waals surface area contributed by atoms with Crippen LogP contribution in [0.1, 0.15) is 20.8 Å². The first-order chi connectivity index (χ1) is 7.33. The monoisotopic (exact) mass is 305 g/mol. The molecule has 0 aliphatic carbocycles. The summed E-state index contributed by atoms with van der Waals surface area (Å²) in [5, 5.41) is 0. The minimum absolute atomic E-state index is 0.0796. The first-order valence-electron chi connectivity index (χ1n) is 5.11. The van der Waals surface area contributed by atoms with Crippen LogP contribution in [-0.4, -0.2) is 14.5 Å². The van der Waals surface area contributed by atoms with Gasteiger partial charge in [0.05, 0.1) is 4.90 Å². The van der Waals surface area contributed by atoms with E-state index in [1.165, 1.54) is 0 Å². The fourth-order valence-corrected chi connectivity index (χ4v) is 3.07. The highest BCUT2D eigenvalue weighted by atomic mass is 79.9. The van der Waals surface area contributed by atoms with Gasteiger partial charge in [-0.25, -0.2) is 13.1 Å². The molecule has 16 heavy (non-hydrogen) atoms. The van der Waals surface area contributed by atoms with E-state index in [1.807, 2.05) is 20.8 Å². The molecule has 1 aromatic carbocycles. The number of benzene rings is 1. The largest absolute Gasteiger partial charge is 0.240 e. The summed E-state index contributed by atoms with van der Waals surface area (Å²) >= 11 is 3.26. The predicted octanol–water partition coefficient (Wildman–Crippen LogP) is 2.77. The molecule has 0 unspecified atom stereocenters. The standard InChI is InChI=1S/C11H16BrNO2S/c1-8(2)9(3)13-16(14,15)11-6-4-5-10(12)7-11/h4-9,13H,1-3H3/t9-/m0/s1. The van der Waals surface area contributed by atoms with Gasteiger partial charge in [-0.1, -0.05) is 35.8 Å². The van der Waals surface area contributed by atoms with Crippen molar-refractivity contribution in [3.8, 4) is 0 Å². The Hall–Kier alpha value is -0.390. The first-order valence-corrected chi connectivity index (χ1v) is 7.38. The lowest BCUT2D eigenvalue weighted by atomic mass is 10.1. The molecule has 0 radical (unpaired) electrons. The zero-order chi connectivity index (χ0) is 12.3. The van der Waals surface area contributed by atoms with Crippen LogP contribution in [-0.2, 0) is 10.0 Å². The van der Waals surface area contributed by atoms with Gasteiger partial charge in [0.1, 0.15) is 0 Å². The molecule has 1 rings (SSSR count). The number of hydrogen-bond acceptors (Lipinski definition) is 2. The normalized spacial score (nSPS) is 14.1. The molecule has 5 heteroatoms. The van der Waals surface area contributed by atoms with Crippen LogP contribution in [0.25, 0.3) is 0 Å². The average molecular weight is 306 g/mol. The quantitative estimate of drug-likeness (QED) is 0.930. The van der Waals surface area contributed by atoms with Gasteiger partial charge in [0, 0.05) is 10.5 Å². The Bertz CT molecular complexity index is 457. The van der Waals surface area contributed by atoms with Gasteiger partial charge < -0.3 is 0 Å². The SMILES string of the molecule is CC(C)[C@H](C)NS(=O)(=O)c1cccc(Br)c1. The molecule has 0 bridgehead atoms. The Morgan fingerprint density at radius 2 is 1.88 bits per heavy atom. The van der Waals surface area contributed by atoms with Crippen LogP contribution < -0.4 is 4.72 Å². The fraction of sp³-hybridized carbons (Fsp3) is 0.455. The molecular weight excluding hydrogens is 290 g/mol. The van der Waals surface area contributed by atoms with Crippen molar-refractivity contribution >= 4 is 26.0 Å². The number of nitrogens with one attached hydrogen (secondary N) is 1. The molecule has 0 saturated carbocycles. The van der Waals surface area contributed by atoms with Crippen molar-refractivity contribution < 1.29 is 8.42 Å². The van der Waals surface area contributed by atoms with Gasteiger partial charge in [0.25, 0.3) is 0 Å². The number of halogens is 1. The summed E-state index contributed by atoms with van der Waals surface area (Å²) in [7, 11) is -3.41. The lowest BCUT2D eigenvalue weighted by molar-refractivity contribution is 0.476. The Kier molecular flexibility index (Phi) is 4.52. The van der Waals surface area contributed by atoms with Crippen molar-refractivity contribution in [3.63, 3.8) is 0 Å². The summed E-state index contributed by atoms with van der Waals surface area (Å²) in [4.78, 5) is 0.286. The summed E-state index contributed by atoms with van der Waals surface area (Å²) in [5.41, 5.74) is 0. The van der Waals surface area contributed by atoms with Crippen LogP contribution in [0.15, 0.2) is 33.6 Å². The lowest BCUT2D eigenvalue weighted by Crippen LogP contribution is -2.36. The predicted molar refractivity (Wildman–Crippen MR) is 68.8 cm³/mol. The smallest absolute Gasteiger partial charge is 0.208 e. The lowest BCUT2D eigenvalue weighted by Gasteiger charge is -2.17. The van der Waals surface area contributed by atoms with Crippen LogP contribution in [0.3, 0.4) is 0 Å². The third-order valence-electron chi connectivity index (χ3n) is 2.45. The molecule has 90 valence electrons. The van der Waals surface area contributed by atoms with E-state index < -0.39 is 10.0 Å². The minimum atomic E-state index is -3.41. The van der Waals surface area contributed by atoms with Gasteiger partial charge >= 0.3 is 0 Å². The maximum absolute atomic E-state index is 12.0. The van der Waals surface area contributed by atoms with Crippen LogP contribution in [0.5, 0.6) is 0 Å². The molecule has 0 aliphatic rings. The van der Waals surface area contributed by atoms with E-state index in [0.29, 0.717) is 0 Å². The van der Waals surface area contributed by atoms with E-state index >= 15 is 0 Å². The molecular formula is C11H16BrNO2S. The van der Waals surface area contributed by atoms with Gasteiger partial charge in [-0.15, -0.1) is 0 Å². The number of hydrogen-bond donors (Lipinski definition) is 1. The summed E-state index contributed by atoms with van der Waals surface area (Å²) in [6.45, 7) is 5.82. The Morgan fingerprint density at radius 3 is 2.38 bits per heavy atom. The van der Waals surface area contributed by atoms with Crippen LogP contribution >= 0.6 is 15.9 Å². The topological polar surface area (TPSA) is 46.2 Å². The molecule has 3 nitrogen and oxygen atoms in total. The van der Waals surface area contributed by atoms with Crippen molar-refractivity contribution in [1.29, 1.82) is 0 Å². The summed E-state index contributed by atoms with van der Waals surface area (Å²) in [6.07, 6.45) is 0. The maximum Gasteiger partial charge on any atom is 0.240 e. The third kappa shape index (κ3) is 3.57. The van der Waals surface area contributed by atoms with E-state index in [9.17, 15) is 8.42 Å². The van der Waals surface area contributed by atoms with Crippen molar-refractivity contribution in [2.75, 3.05) is 0 Å². The van der Waals surface area contributed by atoms with Gasteiger partial charge in [-0.2, -0.15) is 0 Å². The molecule has 0 saturated heterocycles. The van der Waals surface area contributed by atoms with Crippen LogP contribution in [0, 0.1) is 5.92 Å². The van der Waals surface area contributed by atoms with Gasteiger partial charge in [-0.3, -0.25) is 0 Å². The maximum atomic E-state index is 12.0. The number of sulfonamides is 1. The van der Waals surface area contributed by atoms with E-state index in [2.05, 4.69) is 20.7 Å².